The summed E-state index contributed by atoms with van der Waals surface area (Å²) in [5.74, 6) is 0.305. The molecular formula is C12H24OSi. The molecule has 0 atom stereocenters. The molecule has 0 aliphatic carbocycles. The van der Waals surface area contributed by atoms with Crippen LogP contribution >= 0.6 is 0 Å². The van der Waals surface area contributed by atoms with E-state index in [1.54, 1.807) is 0 Å². The molecule has 0 radical (unpaired) electrons. The maximum Gasteiger partial charge on any atom is 0.154 e. The summed E-state index contributed by atoms with van der Waals surface area (Å²) in [5.41, 5.74) is 2.27. The van der Waals surface area contributed by atoms with Gasteiger partial charge in [0.2, 0.25) is 0 Å². The van der Waals surface area contributed by atoms with Gasteiger partial charge in [-0.1, -0.05) is 51.5 Å². The highest BCUT2D eigenvalue weighted by molar-refractivity contribution is 6.84. The van der Waals surface area contributed by atoms with Crippen molar-refractivity contribution >= 4 is 13.9 Å². The lowest BCUT2D eigenvalue weighted by Gasteiger charge is -2.23. The van der Waals surface area contributed by atoms with Crippen LogP contribution in [0.1, 0.15) is 40.5 Å². The fourth-order valence-electron chi connectivity index (χ4n) is 1.70. The number of allylic oxidation sites excluding steroid dienone is 1. The van der Waals surface area contributed by atoms with Gasteiger partial charge in [-0.2, -0.15) is 0 Å². The predicted octanol–water partition coefficient (Wildman–Crippen LogP) is 3.96. The summed E-state index contributed by atoms with van der Waals surface area (Å²) >= 11 is 0. The summed E-state index contributed by atoms with van der Waals surface area (Å²) in [4.78, 5) is 11.4. The summed E-state index contributed by atoms with van der Waals surface area (Å²) in [6.07, 6.45) is 3.52. The molecule has 2 heteroatoms. The fourth-order valence-corrected chi connectivity index (χ4v) is 4.45. The van der Waals surface area contributed by atoms with Gasteiger partial charge in [0.25, 0.3) is 0 Å². The van der Waals surface area contributed by atoms with Crippen molar-refractivity contribution in [1.29, 1.82) is 0 Å². The monoisotopic (exact) mass is 212 g/mol. The topological polar surface area (TPSA) is 17.1 Å². The molecule has 0 amide bonds. The van der Waals surface area contributed by atoms with Crippen molar-refractivity contribution in [3.63, 3.8) is 0 Å². The zero-order chi connectivity index (χ0) is 11.0. The van der Waals surface area contributed by atoms with Crippen LogP contribution in [0.25, 0.3) is 0 Å². The molecule has 0 saturated carbocycles. The third-order valence-corrected chi connectivity index (χ3v) is 8.33. The molecule has 0 fully saturated rings. The maximum atomic E-state index is 11.4. The van der Waals surface area contributed by atoms with Gasteiger partial charge in [0.1, 0.15) is 0 Å². The van der Waals surface area contributed by atoms with Crippen molar-refractivity contribution < 1.29 is 4.79 Å². The van der Waals surface area contributed by atoms with Crippen molar-refractivity contribution in [3.05, 3.63) is 11.8 Å². The Bertz CT molecular complexity index is 184. The van der Waals surface area contributed by atoms with Crippen molar-refractivity contribution in [3.8, 4) is 0 Å². The Kier molecular flexibility index (Phi) is 6.80. The van der Waals surface area contributed by atoms with Crippen molar-refractivity contribution in [2.45, 2.75) is 58.7 Å². The van der Waals surface area contributed by atoms with Gasteiger partial charge in [-0.3, -0.25) is 4.79 Å². The van der Waals surface area contributed by atoms with Crippen LogP contribution in [0, 0.1) is 0 Å². The molecule has 0 aliphatic rings. The molecule has 0 heterocycles. The Morgan fingerprint density at radius 2 is 1.57 bits per heavy atom. The van der Waals surface area contributed by atoms with Gasteiger partial charge in [-0.15, -0.1) is 0 Å². The van der Waals surface area contributed by atoms with Crippen LogP contribution in [0.5, 0.6) is 0 Å². The van der Waals surface area contributed by atoms with Crippen LogP contribution in [0.4, 0.5) is 0 Å². The van der Waals surface area contributed by atoms with Gasteiger partial charge < -0.3 is 0 Å². The van der Waals surface area contributed by atoms with Crippen molar-refractivity contribution in [2.75, 3.05) is 0 Å². The Labute approximate surface area is 89.6 Å². The lowest BCUT2D eigenvalue weighted by Crippen LogP contribution is -2.28. The summed E-state index contributed by atoms with van der Waals surface area (Å²) in [7, 11) is -1.21. The molecule has 0 rings (SSSR count). The van der Waals surface area contributed by atoms with E-state index in [-0.39, 0.29) is 0 Å². The second kappa shape index (κ2) is 6.99. The van der Waals surface area contributed by atoms with Crippen LogP contribution in [0.2, 0.25) is 18.1 Å². The second-order valence-corrected chi connectivity index (χ2v) is 9.15. The first-order chi connectivity index (χ1) is 6.64. The van der Waals surface area contributed by atoms with Gasteiger partial charge >= 0.3 is 0 Å². The van der Waals surface area contributed by atoms with E-state index in [4.69, 9.17) is 0 Å². The van der Waals surface area contributed by atoms with Crippen LogP contribution in [0.15, 0.2) is 11.8 Å². The Morgan fingerprint density at radius 3 is 1.93 bits per heavy atom. The number of hydrogen-bond donors (Lipinski definition) is 0. The molecule has 0 aliphatic heterocycles. The highest BCUT2D eigenvalue weighted by Crippen LogP contribution is 2.21. The quantitative estimate of drug-likeness (QED) is 0.461. The van der Waals surface area contributed by atoms with Crippen LogP contribution in [0.3, 0.4) is 0 Å². The zero-order valence-electron chi connectivity index (χ0n) is 10.1. The van der Waals surface area contributed by atoms with Gasteiger partial charge in [-0.25, -0.2) is 0 Å². The van der Waals surface area contributed by atoms with Gasteiger partial charge in [0.15, 0.2) is 5.78 Å². The molecule has 14 heavy (non-hydrogen) atoms. The van der Waals surface area contributed by atoms with E-state index in [2.05, 4.69) is 33.4 Å². The molecule has 1 nitrogen and oxygen atoms in total. The molecule has 0 spiro atoms. The third-order valence-electron chi connectivity index (χ3n) is 3.23. The standard InChI is InChI=1S/C12H24OSi/c1-5-9-12(13)10-11-14(6-2,7-3)8-4/h10-11H,5-9H2,1-4H3/b11-10+. The largest absolute Gasteiger partial charge is 0.295 e. The van der Waals surface area contributed by atoms with E-state index < -0.39 is 8.07 Å². The van der Waals surface area contributed by atoms with E-state index in [9.17, 15) is 4.79 Å². The summed E-state index contributed by atoms with van der Waals surface area (Å²) in [6.45, 7) is 8.82. The van der Waals surface area contributed by atoms with E-state index in [0.29, 0.717) is 12.2 Å². The van der Waals surface area contributed by atoms with Crippen LogP contribution in [-0.4, -0.2) is 13.9 Å². The SMILES string of the molecule is CCCC(=O)/C=C/[Si](CC)(CC)CC. The first-order valence-electron chi connectivity index (χ1n) is 5.86. The molecule has 0 aromatic carbocycles. The number of rotatable bonds is 7. The fraction of sp³-hybridized carbons (Fsp3) is 0.750. The third kappa shape index (κ3) is 4.23. The average molecular weight is 212 g/mol. The molecule has 0 aromatic heterocycles. The van der Waals surface area contributed by atoms with Crippen LogP contribution < -0.4 is 0 Å². The average Bonchev–Trinajstić information content (AvgIpc) is 2.21. The van der Waals surface area contributed by atoms with Crippen molar-refractivity contribution in [1.82, 2.24) is 0 Å². The Morgan fingerprint density at radius 1 is 1.07 bits per heavy atom. The highest BCUT2D eigenvalue weighted by atomic mass is 28.3. The molecule has 0 bridgehead atoms. The van der Waals surface area contributed by atoms with E-state index >= 15 is 0 Å². The number of carbonyl (C=O) groups is 1. The summed E-state index contributed by atoms with van der Waals surface area (Å²) < 4.78 is 0. The molecule has 0 aromatic rings. The zero-order valence-corrected chi connectivity index (χ0v) is 11.1. The minimum atomic E-state index is -1.21. The van der Waals surface area contributed by atoms with Crippen LogP contribution in [-0.2, 0) is 4.79 Å². The predicted molar refractivity (Wildman–Crippen MR) is 66.3 cm³/mol. The minimum Gasteiger partial charge on any atom is -0.295 e. The number of carbonyl (C=O) groups excluding carboxylic acids is 1. The molecule has 0 N–H and O–H groups in total. The Balaban J connectivity index is 4.35. The molecule has 0 unspecified atom stereocenters. The summed E-state index contributed by atoms with van der Waals surface area (Å²) in [5, 5.41) is 0. The van der Waals surface area contributed by atoms with E-state index in [0.717, 1.165) is 6.42 Å². The molecule has 0 saturated heterocycles. The lowest BCUT2D eigenvalue weighted by atomic mass is 10.2. The number of ketones is 1. The first kappa shape index (κ1) is 13.6. The first-order valence-corrected chi connectivity index (χ1v) is 8.56. The second-order valence-electron chi connectivity index (χ2n) is 3.97. The van der Waals surface area contributed by atoms with Gasteiger partial charge in [-0.05, 0) is 12.5 Å². The normalized spacial score (nSPS) is 12.3. The van der Waals surface area contributed by atoms with Gasteiger partial charge in [0, 0.05) is 6.42 Å². The Hall–Kier alpha value is -0.373. The van der Waals surface area contributed by atoms with Crippen molar-refractivity contribution in [2.24, 2.45) is 0 Å². The minimum absolute atomic E-state index is 0.305. The van der Waals surface area contributed by atoms with E-state index in [1.807, 2.05) is 6.08 Å². The number of hydrogen-bond acceptors (Lipinski definition) is 1. The molecular weight excluding hydrogens is 188 g/mol. The maximum absolute atomic E-state index is 11.4. The van der Waals surface area contributed by atoms with Gasteiger partial charge in [0.05, 0.1) is 8.07 Å². The lowest BCUT2D eigenvalue weighted by molar-refractivity contribution is -0.114. The molecule has 82 valence electrons. The highest BCUT2D eigenvalue weighted by Gasteiger charge is 2.22. The smallest absolute Gasteiger partial charge is 0.154 e. The van der Waals surface area contributed by atoms with E-state index in [1.165, 1.54) is 18.1 Å². The summed E-state index contributed by atoms with van der Waals surface area (Å²) in [6, 6.07) is 3.78.